The van der Waals surface area contributed by atoms with Crippen LogP contribution in [0.1, 0.15) is 5.56 Å². The third-order valence-corrected chi connectivity index (χ3v) is 5.01. The van der Waals surface area contributed by atoms with E-state index in [-0.39, 0.29) is 27.9 Å². The summed E-state index contributed by atoms with van der Waals surface area (Å²) in [5.74, 6) is 0. The molecule has 3 aromatic rings. The summed E-state index contributed by atoms with van der Waals surface area (Å²) in [4.78, 5) is 0. The van der Waals surface area contributed by atoms with E-state index in [1.165, 1.54) is 0 Å². The summed E-state index contributed by atoms with van der Waals surface area (Å²) in [5, 5.41) is 48.0. The number of nitriles is 5. The van der Waals surface area contributed by atoms with Gasteiger partial charge in [-0.15, -0.1) is 0 Å². The van der Waals surface area contributed by atoms with Gasteiger partial charge in [0.15, 0.2) is 0 Å². The summed E-state index contributed by atoms with van der Waals surface area (Å²) < 4.78 is 1.99. The first-order valence-corrected chi connectivity index (χ1v) is 9.09. The Morgan fingerprint density at radius 3 is 1.81 bits per heavy atom. The Labute approximate surface area is 177 Å². The highest BCUT2D eigenvalue weighted by molar-refractivity contribution is 6.02. The molecule has 140 valence electrons. The molecular weight excluding hydrogens is 384 g/mol. The quantitative estimate of drug-likeness (QED) is 0.587. The van der Waals surface area contributed by atoms with Crippen molar-refractivity contribution in [2.75, 3.05) is 0 Å². The first-order valence-electron chi connectivity index (χ1n) is 9.09. The van der Waals surface area contributed by atoms with E-state index in [0.29, 0.717) is 11.1 Å². The third kappa shape index (κ3) is 3.03. The van der Waals surface area contributed by atoms with Gasteiger partial charge in [-0.3, -0.25) is 0 Å². The Balaban J connectivity index is 1.99. The number of para-hydroxylation sites is 1. The van der Waals surface area contributed by atoms with Gasteiger partial charge in [0.2, 0.25) is 0 Å². The normalized spacial score (nSPS) is 11.5. The van der Waals surface area contributed by atoms with Crippen molar-refractivity contribution in [1.82, 2.24) is 4.57 Å². The number of benzene rings is 2. The van der Waals surface area contributed by atoms with Crippen LogP contribution in [0.2, 0.25) is 0 Å². The minimum Gasteiger partial charge on any atom is -0.317 e. The van der Waals surface area contributed by atoms with E-state index in [9.17, 15) is 26.3 Å². The Bertz CT molecular complexity index is 1480. The van der Waals surface area contributed by atoms with Crippen molar-refractivity contribution >= 4 is 16.5 Å². The van der Waals surface area contributed by atoms with Gasteiger partial charge in [-0.1, -0.05) is 30.3 Å². The van der Waals surface area contributed by atoms with Crippen molar-refractivity contribution in [2.45, 2.75) is 0 Å². The van der Waals surface area contributed by atoms with Gasteiger partial charge >= 0.3 is 0 Å². The van der Waals surface area contributed by atoms with Gasteiger partial charge in [0, 0.05) is 28.6 Å². The molecule has 1 aliphatic carbocycles. The molecule has 0 N–H and O–H groups in total. The second-order valence-corrected chi connectivity index (χ2v) is 6.60. The summed E-state index contributed by atoms with van der Waals surface area (Å²) >= 11 is 0. The molecule has 0 amide bonds. The zero-order chi connectivity index (χ0) is 22.0. The molecule has 4 rings (SSSR count). The molecule has 2 aromatic carbocycles. The fraction of sp³-hybridized carbons (Fsp3) is 0. The first kappa shape index (κ1) is 19.0. The fourth-order valence-corrected chi connectivity index (χ4v) is 3.57. The lowest BCUT2D eigenvalue weighted by Gasteiger charge is -2.06. The van der Waals surface area contributed by atoms with Gasteiger partial charge in [-0.05, 0) is 35.2 Å². The summed E-state index contributed by atoms with van der Waals surface area (Å²) in [6.45, 7) is 0. The lowest BCUT2D eigenvalue weighted by molar-refractivity contribution is 1.13. The molecule has 1 heterocycles. The molecule has 0 aliphatic heterocycles. The van der Waals surface area contributed by atoms with Crippen LogP contribution in [0, 0.1) is 56.7 Å². The van der Waals surface area contributed by atoms with Crippen molar-refractivity contribution in [3.05, 3.63) is 94.2 Å². The van der Waals surface area contributed by atoms with Crippen LogP contribution in [0.4, 0.5) is 0 Å². The topological polar surface area (TPSA) is 124 Å². The van der Waals surface area contributed by atoms with E-state index in [0.717, 1.165) is 16.6 Å². The molecule has 6 nitrogen and oxygen atoms in total. The molecule has 0 atom stereocenters. The number of fused-ring (bicyclic) bond motifs is 1. The fourth-order valence-electron chi connectivity index (χ4n) is 3.57. The summed E-state index contributed by atoms with van der Waals surface area (Å²) in [6.07, 6.45) is 1.93. The predicted octanol–water partition coefficient (Wildman–Crippen LogP) is 4.61. The predicted molar refractivity (Wildman–Crippen MR) is 112 cm³/mol. The number of nitrogens with zero attached hydrogens (tertiary/aromatic N) is 6. The molecule has 1 fully saturated rings. The van der Waals surface area contributed by atoms with Gasteiger partial charge in [-0.2, -0.15) is 26.3 Å². The van der Waals surface area contributed by atoms with Crippen molar-refractivity contribution in [2.24, 2.45) is 0 Å². The Hall–Kier alpha value is -5.35. The molecule has 6 heteroatoms. The standard InChI is InChI=1S/C25H10N6/c26-11-18(12-27)23-24(19(13-28)14-29)25(23)21(15-30)17-7-6-16-8-9-31(22(16)10-17)20-4-2-1-3-5-20/h1-10H. The zero-order valence-corrected chi connectivity index (χ0v) is 16.0. The van der Waals surface area contributed by atoms with E-state index >= 15 is 0 Å². The first-order chi connectivity index (χ1) is 15.2. The van der Waals surface area contributed by atoms with Crippen LogP contribution in [-0.2, 0) is 0 Å². The van der Waals surface area contributed by atoms with Crippen LogP contribution in [0.5, 0.6) is 0 Å². The zero-order valence-electron chi connectivity index (χ0n) is 16.0. The average molecular weight is 394 g/mol. The van der Waals surface area contributed by atoms with Crippen LogP contribution in [0.25, 0.3) is 22.2 Å². The van der Waals surface area contributed by atoms with Crippen molar-refractivity contribution in [3.8, 4) is 36.0 Å². The average Bonchev–Trinajstić information content (AvgIpc) is 3.35. The maximum atomic E-state index is 9.90. The lowest BCUT2D eigenvalue weighted by atomic mass is 10.0. The molecule has 0 radical (unpaired) electrons. The van der Waals surface area contributed by atoms with Crippen molar-refractivity contribution in [1.29, 1.82) is 26.3 Å². The van der Waals surface area contributed by atoms with Gasteiger partial charge < -0.3 is 4.57 Å². The largest absolute Gasteiger partial charge is 0.317 e. The van der Waals surface area contributed by atoms with Crippen molar-refractivity contribution < 1.29 is 0 Å². The molecular formula is C25H10N6. The van der Waals surface area contributed by atoms with E-state index in [1.54, 1.807) is 30.3 Å². The summed E-state index contributed by atoms with van der Waals surface area (Å²) in [7, 11) is 0. The Morgan fingerprint density at radius 1 is 0.645 bits per heavy atom. The Morgan fingerprint density at radius 2 is 1.26 bits per heavy atom. The molecule has 0 bridgehead atoms. The molecule has 1 aromatic heterocycles. The highest BCUT2D eigenvalue weighted by Gasteiger charge is 2.41. The van der Waals surface area contributed by atoms with Crippen molar-refractivity contribution in [3.63, 3.8) is 0 Å². The number of hydrogen-bond acceptors (Lipinski definition) is 5. The molecule has 1 saturated carbocycles. The third-order valence-electron chi connectivity index (χ3n) is 5.01. The number of rotatable bonds is 2. The van der Waals surface area contributed by atoms with Crippen LogP contribution in [0.3, 0.4) is 0 Å². The van der Waals surface area contributed by atoms with Gasteiger partial charge in [-0.25, -0.2) is 0 Å². The van der Waals surface area contributed by atoms with Crippen LogP contribution in [-0.4, -0.2) is 4.57 Å². The SMILES string of the molecule is N#CC(C#N)=C1C(=C(C#N)C#N)C1=C(C#N)c1ccc2ccn(-c3ccccc3)c2c1. The minimum atomic E-state index is -0.227. The van der Waals surface area contributed by atoms with Gasteiger partial charge in [0.1, 0.15) is 41.5 Å². The van der Waals surface area contributed by atoms with Crippen LogP contribution < -0.4 is 0 Å². The van der Waals surface area contributed by atoms with Gasteiger partial charge in [0.05, 0.1) is 11.1 Å². The number of aromatic nitrogens is 1. The van der Waals surface area contributed by atoms with E-state index < -0.39 is 0 Å². The summed E-state index contributed by atoms with van der Waals surface area (Å²) in [6, 6.07) is 26.4. The van der Waals surface area contributed by atoms with Crippen LogP contribution >= 0.6 is 0 Å². The maximum Gasteiger partial charge on any atom is 0.138 e. The van der Waals surface area contributed by atoms with Crippen LogP contribution in [0.15, 0.2) is 88.7 Å². The second kappa shape index (κ2) is 7.58. The molecule has 0 spiro atoms. The minimum absolute atomic E-state index is 0.193. The number of allylic oxidation sites excluding steroid dienone is 6. The number of hydrogen-bond donors (Lipinski definition) is 0. The molecule has 1 aliphatic rings. The lowest BCUT2D eigenvalue weighted by Crippen LogP contribution is -1.92. The molecule has 31 heavy (non-hydrogen) atoms. The van der Waals surface area contributed by atoms with E-state index in [2.05, 4.69) is 6.07 Å². The molecule has 0 unspecified atom stereocenters. The monoisotopic (exact) mass is 394 g/mol. The highest BCUT2D eigenvalue weighted by Crippen LogP contribution is 2.52. The van der Waals surface area contributed by atoms with Gasteiger partial charge in [0.25, 0.3) is 0 Å². The molecule has 0 saturated heterocycles. The highest BCUT2D eigenvalue weighted by atomic mass is 15.0. The Kier molecular flexibility index (Phi) is 4.64. The summed E-state index contributed by atoms with van der Waals surface area (Å²) in [5.41, 5.74) is 2.84. The smallest absolute Gasteiger partial charge is 0.138 e. The maximum absolute atomic E-state index is 9.90. The van der Waals surface area contributed by atoms with E-state index in [4.69, 9.17) is 0 Å². The second-order valence-electron chi connectivity index (χ2n) is 6.60. The van der Waals surface area contributed by atoms with E-state index in [1.807, 2.05) is 59.3 Å².